The van der Waals surface area contributed by atoms with Crippen LogP contribution in [0.3, 0.4) is 0 Å². The number of halogens is 4. The highest BCUT2D eigenvalue weighted by molar-refractivity contribution is 9.10. The van der Waals surface area contributed by atoms with Crippen molar-refractivity contribution in [2.45, 2.75) is 13.1 Å². The minimum absolute atomic E-state index is 0.0424. The van der Waals surface area contributed by atoms with E-state index in [2.05, 4.69) is 26.6 Å². The average Bonchev–Trinajstić information content (AvgIpc) is 2.27. The molecule has 1 aromatic rings. The number of alkyl halides is 3. The molecule has 1 aliphatic heterocycles. The van der Waals surface area contributed by atoms with Crippen LogP contribution in [-0.2, 0) is 11.0 Å². The van der Waals surface area contributed by atoms with E-state index >= 15 is 0 Å². The normalized spacial score (nSPS) is 17.4. The Bertz CT molecular complexity index is 515. The monoisotopic (exact) mass is 350 g/mol. The standard InChI is InChI=1S/C13H14BrF3N2O/c1-7(8-5-18-6-8)12(20)19-9-2-3-11(14)10(4-9)13(15,16)17/h2-4,7-8,18H,5-6H2,1H3,(H,19,20). The minimum Gasteiger partial charge on any atom is -0.326 e. The number of hydrogen-bond donors (Lipinski definition) is 2. The van der Waals surface area contributed by atoms with E-state index in [1.165, 1.54) is 12.1 Å². The SMILES string of the molecule is CC(C(=O)Nc1ccc(Br)c(C(F)(F)F)c1)C1CNC1. The number of nitrogens with one attached hydrogen (secondary N) is 2. The van der Waals surface area contributed by atoms with E-state index in [1.54, 1.807) is 6.92 Å². The van der Waals surface area contributed by atoms with Crippen LogP contribution in [0.4, 0.5) is 18.9 Å². The summed E-state index contributed by atoms with van der Waals surface area (Å²) in [6.45, 7) is 3.32. The fourth-order valence-corrected chi connectivity index (χ4v) is 2.43. The summed E-state index contributed by atoms with van der Waals surface area (Å²) in [5.41, 5.74) is -0.641. The van der Waals surface area contributed by atoms with Crippen LogP contribution in [0.2, 0.25) is 0 Å². The van der Waals surface area contributed by atoms with Crippen LogP contribution in [-0.4, -0.2) is 19.0 Å². The number of carbonyl (C=O) groups excluding carboxylic acids is 1. The average molecular weight is 351 g/mol. The van der Waals surface area contributed by atoms with Crippen molar-refractivity contribution in [2.24, 2.45) is 11.8 Å². The van der Waals surface area contributed by atoms with Gasteiger partial charge in [-0.1, -0.05) is 22.9 Å². The summed E-state index contributed by atoms with van der Waals surface area (Å²) < 4.78 is 38.3. The van der Waals surface area contributed by atoms with Crippen LogP contribution in [0.1, 0.15) is 12.5 Å². The number of hydrogen-bond acceptors (Lipinski definition) is 2. The number of amides is 1. The van der Waals surface area contributed by atoms with Gasteiger partial charge in [0.2, 0.25) is 5.91 Å². The second-order valence-corrected chi connectivity index (χ2v) is 5.74. The second kappa shape index (κ2) is 5.73. The molecule has 0 saturated carbocycles. The lowest BCUT2D eigenvalue weighted by Gasteiger charge is -2.31. The molecule has 1 amide bonds. The smallest absolute Gasteiger partial charge is 0.326 e. The summed E-state index contributed by atoms with van der Waals surface area (Å²) in [4.78, 5) is 12.0. The van der Waals surface area contributed by atoms with E-state index in [0.29, 0.717) is 0 Å². The first-order valence-corrected chi connectivity index (χ1v) is 6.96. The van der Waals surface area contributed by atoms with Gasteiger partial charge in [0, 0.05) is 16.1 Å². The van der Waals surface area contributed by atoms with Gasteiger partial charge >= 0.3 is 6.18 Å². The Labute approximate surface area is 123 Å². The van der Waals surface area contributed by atoms with E-state index in [0.717, 1.165) is 19.2 Å². The summed E-state index contributed by atoms with van der Waals surface area (Å²) in [5.74, 6) is -0.242. The lowest BCUT2D eigenvalue weighted by molar-refractivity contribution is -0.138. The number of anilines is 1. The third-order valence-electron chi connectivity index (χ3n) is 3.47. The molecule has 1 aromatic carbocycles. The largest absolute Gasteiger partial charge is 0.417 e. The second-order valence-electron chi connectivity index (χ2n) is 4.89. The van der Waals surface area contributed by atoms with Crippen molar-refractivity contribution in [3.05, 3.63) is 28.2 Å². The van der Waals surface area contributed by atoms with Crippen LogP contribution in [0.25, 0.3) is 0 Å². The molecule has 2 rings (SSSR count). The first-order chi connectivity index (χ1) is 9.29. The van der Waals surface area contributed by atoms with Crippen LogP contribution in [0.5, 0.6) is 0 Å². The Balaban J connectivity index is 2.11. The van der Waals surface area contributed by atoms with E-state index in [-0.39, 0.29) is 27.9 Å². The molecule has 0 aromatic heterocycles. The maximum atomic E-state index is 12.8. The first kappa shape index (κ1) is 15.3. The molecule has 7 heteroatoms. The van der Waals surface area contributed by atoms with E-state index < -0.39 is 11.7 Å². The van der Waals surface area contributed by atoms with Crippen molar-refractivity contribution in [1.29, 1.82) is 0 Å². The molecule has 1 fully saturated rings. The van der Waals surface area contributed by atoms with Crippen molar-refractivity contribution in [3.8, 4) is 0 Å². The molecule has 0 spiro atoms. The van der Waals surface area contributed by atoms with Gasteiger partial charge in [0.25, 0.3) is 0 Å². The molecular weight excluding hydrogens is 337 g/mol. The van der Waals surface area contributed by atoms with E-state index in [9.17, 15) is 18.0 Å². The topological polar surface area (TPSA) is 41.1 Å². The first-order valence-electron chi connectivity index (χ1n) is 6.17. The maximum absolute atomic E-state index is 12.8. The molecule has 1 saturated heterocycles. The quantitative estimate of drug-likeness (QED) is 0.878. The Morgan fingerprint density at radius 2 is 2.10 bits per heavy atom. The number of rotatable bonds is 3. The Morgan fingerprint density at radius 3 is 2.60 bits per heavy atom. The van der Waals surface area contributed by atoms with Crippen molar-refractivity contribution in [1.82, 2.24) is 5.32 Å². The van der Waals surface area contributed by atoms with Crippen LogP contribution >= 0.6 is 15.9 Å². The molecule has 1 atom stereocenters. The zero-order valence-electron chi connectivity index (χ0n) is 10.7. The Morgan fingerprint density at radius 1 is 1.45 bits per heavy atom. The summed E-state index contributed by atoms with van der Waals surface area (Å²) in [5, 5.41) is 5.61. The summed E-state index contributed by atoms with van der Waals surface area (Å²) in [6.07, 6.45) is -4.46. The lowest BCUT2D eigenvalue weighted by atomic mass is 9.88. The molecule has 1 aliphatic rings. The van der Waals surface area contributed by atoms with Gasteiger partial charge in [-0.15, -0.1) is 0 Å². The fourth-order valence-electron chi connectivity index (χ4n) is 1.95. The highest BCUT2D eigenvalue weighted by Gasteiger charge is 2.34. The fraction of sp³-hybridized carbons (Fsp3) is 0.462. The number of carbonyl (C=O) groups is 1. The van der Waals surface area contributed by atoms with Crippen LogP contribution in [0.15, 0.2) is 22.7 Å². The number of benzene rings is 1. The predicted molar refractivity (Wildman–Crippen MR) is 73.3 cm³/mol. The minimum atomic E-state index is -4.46. The van der Waals surface area contributed by atoms with Gasteiger partial charge < -0.3 is 10.6 Å². The molecule has 110 valence electrons. The lowest BCUT2D eigenvalue weighted by Crippen LogP contribution is -2.48. The summed E-state index contributed by atoms with van der Waals surface area (Å²) >= 11 is 2.86. The highest BCUT2D eigenvalue weighted by atomic mass is 79.9. The molecule has 0 bridgehead atoms. The Hall–Kier alpha value is -1.08. The van der Waals surface area contributed by atoms with E-state index in [4.69, 9.17) is 0 Å². The third kappa shape index (κ3) is 3.32. The van der Waals surface area contributed by atoms with Gasteiger partial charge in [-0.2, -0.15) is 13.2 Å². The molecule has 2 N–H and O–H groups in total. The van der Waals surface area contributed by atoms with Crippen LogP contribution < -0.4 is 10.6 Å². The zero-order chi connectivity index (χ0) is 14.9. The van der Waals surface area contributed by atoms with Gasteiger partial charge in [0.1, 0.15) is 0 Å². The molecule has 0 radical (unpaired) electrons. The zero-order valence-corrected chi connectivity index (χ0v) is 12.3. The van der Waals surface area contributed by atoms with Crippen molar-refractivity contribution < 1.29 is 18.0 Å². The van der Waals surface area contributed by atoms with Gasteiger partial charge in [-0.05, 0) is 37.2 Å². The van der Waals surface area contributed by atoms with Crippen molar-refractivity contribution >= 4 is 27.5 Å². The van der Waals surface area contributed by atoms with Gasteiger partial charge in [-0.25, -0.2) is 0 Å². The maximum Gasteiger partial charge on any atom is 0.417 e. The van der Waals surface area contributed by atoms with E-state index in [1.807, 2.05) is 0 Å². The summed E-state index contributed by atoms with van der Waals surface area (Å²) in [7, 11) is 0. The predicted octanol–water partition coefficient (Wildman–Crippen LogP) is 3.26. The molecule has 3 nitrogen and oxygen atoms in total. The third-order valence-corrected chi connectivity index (χ3v) is 4.16. The molecule has 1 unspecified atom stereocenters. The van der Waals surface area contributed by atoms with Crippen molar-refractivity contribution in [3.63, 3.8) is 0 Å². The molecular formula is C13H14BrF3N2O. The van der Waals surface area contributed by atoms with Gasteiger partial charge in [0.05, 0.1) is 5.56 Å². The van der Waals surface area contributed by atoms with Gasteiger partial charge in [0.15, 0.2) is 0 Å². The van der Waals surface area contributed by atoms with Crippen LogP contribution in [0, 0.1) is 11.8 Å². The van der Waals surface area contributed by atoms with Gasteiger partial charge in [-0.3, -0.25) is 4.79 Å². The Kier molecular flexibility index (Phi) is 4.39. The summed E-state index contributed by atoms with van der Waals surface area (Å²) in [6, 6.07) is 3.67. The molecule has 0 aliphatic carbocycles. The van der Waals surface area contributed by atoms with Crippen molar-refractivity contribution in [2.75, 3.05) is 18.4 Å². The highest BCUT2D eigenvalue weighted by Crippen LogP contribution is 2.36. The molecule has 1 heterocycles. The molecule has 20 heavy (non-hydrogen) atoms.